The molecule has 0 saturated heterocycles. The Morgan fingerprint density at radius 3 is 1.74 bits per heavy atom. The molecule has 0 unspecified atom stereocenters. The molecule has 1 heterocycles. The predicted octanol–water partition coefficient (Wildman–Crippen LogP) is 5.41. The zero-order chi connectivity index (χ0) is 19.3. The minimum atomic E-state index is -4.71. The Hall–Kier alpha value is -2.15. The number of benzene rings is 2. The lowest BCUT2D eigenvalue weighted by Gasteiger charge is -2.35. The highest BCUT2D eigenvalue weighted by molar-refractivity contribution is 7.10. The highest BCUT2D eigenvalue weighted by atomic mass is 32.1. The predicted molar refractivity (Wildman–Crippen MR) is 101 cm³/mol. The summed E-state index contributed by atoms with van der Waals surface area (Å²) >= 11 is 1.22. The summed E-state index contributed by atoms with van der Waals surface area (Å²) in [6.45, 7) is 0.594. The van der Waals surface area contributed by atoms with E-state index in [0.717, 1.165) is 11.1 Å². The molecular formula is C21H20F3NOS. The standard InChI is InChI=1S/C21H20F3NOS/c22-21(23,24)20(26)19(18-12-7-13-27-18)25(14-16-8-3-1-4-9-16)15-17-10-5-2-6-11-17/h1-13,19-20,26H,14-15H2/t19-,20-/m1/s1. The molecule has 3 aromatic rings. The molecule has 0 aliphatic carbocycles. The second-order valence-electron chi connectivity index (χ2n) is 6.32. The van der Waals surface area contributed by atoms with Crippen LogP contribution in [0.2, 0.25) is 0 Å². The first-order valence-electron chi connectivity index (χ1n) is 8.55. The number of rotatable bonds is 7. The molecule has 27 heavy (non-hydrogen) atoms. The molecule has 6 heteroatoms. The second-order valence-corrected chi connectivity index (χ2v) is 7.30. The number of aliphatic hydroxyl groups is 1. The van der Waals surface area contributed by atoms with Crippen LogP contribution in [0.1, 0.15) is 22.0 Å². The van der Waals surface area contributed by atoms with Gasteiger partial charge in [-0.25, -0.2) is 0 Å². The van der Waals surface area contributed by atoms with E-state index in [1.165, 1.54) is 11.3 Å². The Morgan fingerprint density at radius 1 is 0.815 bits per heavy atom. The van der Waals surface area contributed by atoms with Gasteiger partial charge in [0.25, 0.3) is 0 Å². The van der Waals surface area contributed by atoms with Crippen molar-refractivity contribution in [1.29, 1.82) is 0 Å². The first-order valence-corrected chi connectivity index (χ1v) is 9.43. The van der Waals surface area contributed by atoms with Gasteiger partial charge >= 0.3 is 6.18 Å². The zero-order valence-corrected chi connectivity index (χ0v) is 15.3. The lowest BCUT2D eigenvalue weighted by molar-refractivity contribution is -0.224. The van der Waals surface area contributed by atoms with Gasteiger partial charge in [0.05, 0.1) is 6.04 Å². The third-order valence-electron chi connectivity index (χ3n) is 4.32. The van der Waals surface area contributed by atoms with Crippen LogP contribution in [0.4, 0.5) is 13.2 Å². The van der Waals surface area contributed by atoms with Crippen LogP contribution in [-0.4, -0.2) is 22.3 Å². The number of nitrogens with zero attached hydrogens (tertiary/aromatic N) is 1. The molecule has 0 radical (unpaired) electrons. The van der Waals surface area contributed by atoms with Gasteiger partial charge in [-0.3, -0.25) is 4.90 Å². The highest BCUT2D eigenvalue weighted by Crippen LogP contribution is 2.37. The van der Waals surface area contributed by atoms with E-state index in [1.54, 1.807) is 22.4 Å². The minimum absolute atomic E-state index is 0.297. The molecule has 0 aliphatic rings. The van der Waals surface area contributed by atoms with E-state index < -0.39 is 18.3 Å². The molecule has 1 aromatic heterocycles. The van der Waals surface area contributed by atoms with Crippen molar-refractivity contribution in [2.24, 2.45) is 0 Å². The fourth-order valence-electron chi connectivity index (χ4n) is 3.06. The number of alkyl halides is 3. The van der Waals surface area contributed by atoms with E-state index in [1.807, 2.05) is 60.7 Å². The maximum atomic E-state index is 13.5. The van der Waals surface area contributed by atoms with E-state index in [0.29, 0.717) is 18.0 Å². The molecular weight excluding hydrogens is 371 g/mol. The van der Waals surface area contributed by atoms with Crippen molar-refractivity contribution in [2.45, 2.75) is 31.4 Å². The molecule has 0 fully saturated rings. The Kier molecular flexibility index (Phi) is 6.31. The van der Waals surface area contributed by atoms with Gasteiger partial charge in [0.2, 0.25) is 0 Å². The molecule has 0 saturated carbocycles. The maximum absolute atomic E-state index is 13.5. The fraction of sp³-hybridized carbons (Fsp3) is 0.238. The number of hydrogen-bond donors (Lipinski definition) is 1. The van der Waals surface area contributed by atoms with Gasteiger partial charge < -0.3 is 5.11 Å². The van der Waals surface area contributed by atoms with Crippen LogP contribution in [0.5, 0.6) is 0 Å². The molecule has 142 valence electrons. The van der Waals surface area contributed by atoms with Crippen LogP contribution in [-0.2, 0) is 13.1 Å². The van der Waals surface area contributed by atoms with E-state index in [9.17, 15) is 18.3 Å². The van der Waals surface area contributed by atoms with Crippen molar-refractivity contribution in [3.8, 4) is 0 Å². The highest BCUT2D eigenvalue weighted by Gasteiger charge is 2.46. The topological polar surface area (TPSA) is 23.5 Å². The summed E-state index contributed by atoms with van der Waals surface area (Å²) in [4.78, 5) is 2.18. The lowest BCUT2D eigenvalue weighted by atomic mass is 10.0. The average molecular weight is 391 g/mol. The van der Waals surface area contributed by atoms with Gasteiger partial charge in [0.15, 0.2) is 6.10 Å². The lowest BCUT2D eigenvalue weighted by Crippen LogP contribution is -2.43. The number of hydrogen-bond acceptors (Lipinski definition) is 3. The van der Waals surface area contributed by atoms with Gasteiger partial charge in [-0.05, 0) is 22.6 Å². The third kappa shape index (κ3) is 5.19. The van der Waals surface area contributed by atoms with E-state index in [-0.39, 0.29) is 0 Å². The molecule has 2 aromatic carbocycles. The third-order valence-corrected chi connectivity index (χ3v) is 5.26. The van der Waals surface area contributed by atoms with Crippen molar-refractivity contribution < 1.29 is 18.3 Å². The van der Waals surface area contributed by atoms with Gasteiger partial charge in [-0.1, -0.05) is 66.7 Å². The van der Waals surface area contributed by atoms with Crippen LogP contribution in [0.3, 0.4) is 0 Å². The Bertz CT molecular complexity index is 765. The van der Waals surface area contributed by atoms with Gasteiger partial charge in [-0.2, -0.15) is 13.2 Å². The quantitative estimate of drug-likeness (QED) is 0.582. The molecule has 2 atom stereocenters. The van der Waals surface area contributed by atoms with Crippen LogP contribution >= 0.6 is 11.3 Å². The van der Waals surface area contributed by atoms with Crippen molar-refractivity contribution in [2.75, 3.05) is 0 Å². The van der Waals surface area contributed by atoms with Crippen LogP contribution in [0.25, 0.3) is 0 Å². The molecule has 2 nitrogen and oxygen atoms in total. The van der Waals surface area contributed by atoms with Crippen LogP contribution in [0, 0.1) is 0 Å². The van der Waals surface area contributed by atoms with E-state index in [4.69, 9.17) is 0 Å². The number of thiophene rings is 1. The number of aliphatic hydroxyl groups excluding tert-OH is 1. The van der Waals surface area contributed by atoms with Crippen molar-refractivity contribution >= 4 is 11.3 Å². The summed E-state index contributed by atoms with van der Waals surface area (Å²) in [6, 6.07) is 20.9. The normalized spacial score (nSPS) is 14.3. The summed E-state index contributed by atoms with van der Waals surface area (Å²) in [6.07, 6.45) is -7.18. The monoisotopic (exact) mass is 391 g/mol. The summed E-state index contributed by atoms with van der Waals surface area (Å²) < 4.78 is 40.4. The summed E-state index contributed by atoms with van der Waals surface area (Å²) in [5.74, 6) is 0. The van der Waals surface area contributed by atoms with Crippen molar-refractivity contribution in [1.82, 2.24) is 4.90 Å². The van der Waals surface area contributed by atoms with Crippen molar-refractivity contribution in [3.63, 3.8) is 0 Å². The van der Waals surface area contributed by atoms with Crippen molar-refractivity contribution in [3.05, 3.63) is 94.2 Å². The zero-order valence-electron chi connectivity index (χ0n) is 14.5. The first kappa shape index (κ1) is 19.6. The van der Waals surface area contributed by atoms with Crippen LogP contribution < -0.4 is 0 Å². The SMILES string of the molecule is O[C@H]([C@@H](c1cccs1)N(Cc1ccccc1)Cc1ccccc1)C(F)(F)F. The fourth-order valence-corrected chi connectivity index (χ4v) is 3.95. The molecule has 0 aliphatic heterocycles. The minimum Gasteiger partial charge on any atom is -0.382 e. The largest absolute Gasteiger partial charge is 0.416 e. The van der Waals surface area contributed by atoms with E-state index in [2.05, 4.69) is 0 Å². The average Bonchev–Trinajstić information content (AvgIpc) is 3.17. The molecule has 0 bridgehead atoms. The molecule has 1 N–H and O–H groups in total. The van der Waals surface area contributed by atoms with Gasteiger partial charge in [0, 0.05) is 18.0 Å². The summed E-state index contributed by atoms with van der Waals surface area (Å²) in [5.41, 5.74) is 1.79. The van der Waals surface area contributed by atoms with E-state index >= 15 is 0 Å². The summed E-state index contributed by atoms with van der Waals surface area (Å²) in [7, 11) is 0. The second kappa shape index (κ2) is 8.69. The first-order chi connectivity index (χ1) is 12.9. The molecule has 3 rings (SSSR count). The van der Waals surface area contributed by atoms with Crippen LogP contribution in [0.15, 0.2) is 78.2 Å². The van der Waals surface area contributed by atoms with Gasteiger partial charge in [0.1, 0.15) is 0 Å². The molecule has 0 amide bonds. The molecule has 0 spiro atoms. The Morgan fingerprint density at radius 2 is 1.33 bits per heavy atom. The number of halogens is 3. The maximum Gasteiger partial charge on any atom is 0.416 e. The van der Waals surface area contributed by atoms with Gasteiger partial charge in [-0.15, -0.1) is 11.3 Å². The summed E-state index contributed by atoms with van der Waals surface area (Å²) in [5, 5.41) is 11.9. The Balaban J connectivity index is 1.98. The smallest absolute Gasteiger partial charge is 0.382 e. The Labute approximate surface area is 160 Å².